The number of carbonyl (C=O) groups is 1. The number of nitrogens with zero attached hydrogens (tertiary/aromatic N) is 1. The van der Waals surface area contributed by atoms with Gasteiger partial charge in [0.2, 0.25) is 5.91 Å². The van der Waals surface area contributed by atoms with Crippen LogP contribution in [0.3, 0.4) is 0 Å². The number of aryl methyl sites for hydroxylation is 1. The molecule has 0 aromatic heterocycles. The van der Waals surface area contributed by atoms with E-state index in [0.717, 1.165) is 17.0 Å². The Bertz CT molecular complexity index is 404. The van der Waals surface area contributed by atoms with Crippen molar-refractivity contribution in [3.05, 3.63) is 23.8 Å². The number of methoxy groups -OCH3 is 1. The zero-order valence-corrected chi connectivity index (χ0v) is 8.86. The summed E-state index contributed by atoms with van der Waals surface area (Å²) in [7, 11) is 1.62. The fraction of sp³-hybridized carbons (Fsp3) is 0.364. The molecule has 15 heavy (non-hydrogen) atoms. The van der Waals surface area contributed by atoms with Crippen LogP contribution in [0, 0.1) is 6.92 Å². The second kappa shape index (κ2) is 3.55. The van der Waals surface area contributed by atoms with Crippen LogP contribution in [-0.2, 0) is 4.79 Å². The number of benzene rings is 1. The maximum absolute atomic E-state index is 11.4. The summed E-state index contributed by atoms with van der Waals surface area (Å²) >= 11 is 0. The topological polar surface area (TPSA) is 55.6 Å². The molecule has 1 amide bonds. The van der Waals surface area contributed by atoms with Crippen molar-refractivity contribution in [3.8, 4) is 5.75 Å². The van der Waals surface area contributed by atoms with E-state index in [1.807, 2.05) is 25.1 Å². The van der Waals surface area contributed by atoms with Crippen LogP contribution in [0.25, 0.3) is 0 Å². The Morgan fingerprint density at radius 2 is 2.27 bits per heavy atom. The zero-order valence-electron chi connectivity index (χ0n) is 8.86. The van der Waals surface area contributed by atoms with Crippen molar-refractivity contribution in [2.45, 2.75) is 13.0 Å². The van der Waals surface area contributed by atoms with Crippen LogP contribution in [0.15, 0.2) is 18.2 Å². The van der Waals surface area contributed by atoms with E-state index in [2.05, 4.69) is 0 Å². The fourth-order valence-electron chi connectivity index (χ4n) is 1.73. The third-order valence-electron chi connectivity index (χ3n) is 2.66. The summed E-state index contributed by atoms with van der Waals surface area (Å²) in [5, 5.41) is 0. The lowest BCUT2D eigenvalue weighted by Crippen LogP contribution is -2.61. The predicted octanol–water partition coefficient (Wildman–Crippen LogP) is 0.678. The SMILES string of the molecule is COc1ccc(N2CC(N)C2=O)c(C)c1. The standard InChI is InChI=1S/C11H14N2O2/c1-7-5-8(15-2)3-4-10(7)13-6-9(12)11(13)14/h3-5,9H,6,12H2,1-2H3. The van der Waals surface area contributed by atoms with Gasteiger partial charge in [-0.3, -0.25) is 4.79 Å². The van der Waals surface area contributed by atoms with Gasteiger partial charge >= 0.3 is 0 Å². The molecule has 1 aliphatic rings. The molecule has 4 heteroatoms. The van der Waals surface area contributed by atoms with Crippen LogP contribution in [0.2, 0.25) is 0 Å². The lowest BCUT2D eigenvalue weighted by molar-refractivity contribution is -0.123. The molecule has 1 saturated heterocycles. The van der Waals surface area contributed by atoms with E-state index in [-0.39, 0.29) is 11.9 Å². The van der Waals surface area contributed by atoms with Crippen LogP contribution in [0.4, 0.5) is 5.69 Å². The van der Waals surface area contributed by atoms with E-state index in [9.17, 15) is 4.79 Å². The number of anilines is 1. The molecule has 80 valence electrons. The summed E-state index contributed by atoms with van der Waals surface area (Å²) in [6, 6.07) is 5.32. The number of ether oxygens (including phenoxy) is 1. The second-order valence-corrected chi connectivity index (χ2v) is 3.71. The first-order valence-electron chi connectivity index (χ1n) is 4.85. The second-order valence-electron chi connectivity index (χ2n) is 3.71. The summed E-state index contributed by atoms with van der Waals surface area (Å²) in [5.74, 6) is 0.789. The highest BCUT2D eigenvalue weighted by molar-refractivity contribution is 6.04. The average molecular weight is 206 g/mol. The van der Waals surface area contributed by atoms with Gasteiger partial charge in [-0.1, -0.05) is 0 Å². The van der Waals surface area contributed by atoms with Gasteiger partial charge in [-0.05, 0) is 30.7 Å². The summed E-state index contributed by atoms with van der Waals surface area (Å²) in [5.41, 5.74) is 7.48. The van der Waals surface area contributed by atoms with Crippen LogP contribution in [-0.4, -0.2) is 25.6 Å². The van der Waals surface area contributed by atoms with Crippen molar-refractivity contribution < 1.29 is 9.53 Å². The Balaban J connectivity index is 2.26. The number of nitrogens with two attached hydrogens (primary N) is 1. The molecule has 0 bridgehead atoms. The van der Waals surface area contributed by atoms with Gasteiger partial charge in [-0.15, -0.1) is 0 Å². The van der Waals surface area contributed by atoms with Gasteiger partial charge in [0.05, 0.1) is 13.7 Å². The van der Waals surface area contributed by atoms with Gasteiger partial charge in [0, 0.05) is 5.69 Å². The molecule has 0 radical (unpaired) electrons. The minimum atomic E-state index is -0.327. The molecule has 1 aliphatic heterocycles. The number of rotatable bonds is 2. The molecule has 2 rings (SSSR count). The third-order valence-corrected chi connectivity index (χ3v) is 2.66. The Kier molecular flexibility index (Phi) is 2.36. The molecule has 1 heterocycles. The van der Waals surface area contributed by atoms with Crippen LogP contribution >= 0.6 is 0 Å². The number of hydrogen-bond acceptors (Lipinski definition) is 3. The van der Waals surface area contributed by atoms with Crippen molar-refractivity contribution >= 4 is 11.6 Å². The monoisotopic (exact) mass is 206 g/mol. The largest absolute Gasteiger partial charge is 0.497 e. The normalized spacial score (nSPS) is 20.1. The molecule has 1 unspecified atom stereocenters. The molecule has 0 saturated carbocycles. The quantitative estimate of drug-likeness (QED) is 0.724. The van der Waals surface area contributed by atoms with Crippen molar-refractivity contribution in [2.75, 3.05) is 18.6 Å². The highest BCUT2D eigenvalue weighted by Gasteiger charge is 2.35. The van der Waals surface area contributed by atoms with Gasteiger partial charge in [0.15, 0.2) is 0 Å². The Morgan fingerprint density at radius 1 is 1.53 bits per heavy atom. The average Bonchev–Trinajstić information content (AvgIpc) is 2.26. The van der Waals surface area contributed by atoms with E-state index in [1.165, 1.54) is 0 Å². The lowest BCUT2D eigenvalue weighted by Gasteiger charge is -2.37. The summed E-state index contributed by atoms with van der Waals surface area (Å²) in [4.78, 5) is 13.1. The van der Waals surface area contributed by atoms with E-state index >= 15 is 0 Å². The summed E-state index contributed by atoms with van der Waals surface area (Å²) < 4.78 is 5.10. The Labute approximate surface area is 88.6 Å². The van der Waals surface area contributed by atoms with Crippen molar-refractivity contribution in [1.82, 2.24) is 0 Å². The number of hydrogen-bond donors (Lipinski definition) is 1. The molecule has 1 atom stereocenters. The number of β-lactam (4-membered cyclic amide) rings is 1. The number of amides is 1. The van der Waals surface area contributed by atoms with Crippen LogP contribution in [0.5, 0.6) is 5.75 Å². The highest BCUT2D eigenvalue weighted by atomic mass is 16.5. The van der Waals surface area contributed by atoms with E-state index in [0.29, 0.717) is 6.54 Å². The van der Waals surface area contributed by atoms with Gasteiger partial charge in [0.25, 0.3) is 0 Å². The first-order valence-corrected chi connectivity index (χ1v) is 4.85. The van der Waals surface area contributed by atoms with Gasteiger partial charge < -0.3 is 15.4 Å². The highest BCUT2D eigenvalue weighted by Crippen LogP contribution is 2.28. The van der Waals surface area contributed by atoms with Crippen molar-refractivity contribution in [1.29, 1.82) is 0 Å². The minimum Gasteiger partial charge on any atom is -0.497 e. The summed E-state index contributed by atoms with van der Waals surface area (Å²) in [6.07, 6.45) is 0. The maximum Gasteiger partial charge on any atom is 0.245 e. The summed E-state index contributed by atoms with van der Waals surface area (Å²) in [6.45, 7) is 2.56. The molecule has 1 aromatic carbocycles. The Morgan fingerprint density at radius 3 is 2.73 bits per heavy atom. The lowest BCUT2D eigenvalue weighted by atomic mass is 10.0. The van der Waals surface area contributed by atoms with E-state index in [4.69, 9.17) is 10.5 Å². The van der Waals surface area contributed by atoms with E-state index < -0.39 is 0 Å². The van der Waals surface area contributed by atoms with Gasteiger partial charge in [-0.25, -0.2) is 0 Å². The molecule has 4 nitrogen and oxygen atoms in total. The predicted molar refractivity (Wildman–Crippen MR) is 58.1 cm³/mol. The molecular weight excluding hydrogens is 192 g/mol. The third kappa shape index (κ3) is 1.57. The molecule has 2 N–H and O–H groups in total. The van der Waals surface area contributed by atoms with Crippen molar-refractivity contribution in [3.63, 3.8) is 0 Å². The van der Waals surface area contributed by atoms with Gasteiger partial charge in [-0.2, -0.15) is 0 Å². The maximum atomic E-state index is 11.4. The molecule has 0 spiro atoms. The van der Waals surface area contributed by atoms with Gasteiger partial charge in [0.1, 0.15) is 11.8 Å². The Hall–Kier alpha value is -1.55. The fourth-order valence-corrected chi connectivity index (χ4v) is 1.73. The van der Waals surface area contributed by atoms with Crippen molar-refractivity contribution in [2.24, 2.45) is 5.73 Å². The molecular formula is C11H14N2O2. The van der Waals surface area contributed by atoms with Crippen LogP contribution < -0.4 is 15.4 Å². The van der Waals surface area contributed by atoms with Crippen LogP contribution in [0.1, 0.15) is 5.56 Å². The molecule has 0 aliphatic carbocycles. The smallest absolute Gasteiger partial charge is 0.245 e. The number of carbonyl (C=O) groups excluding carboxylic acids is 1. The first-order chi connectivity index (χ1) is 7.13. The van der Waals surface area contributed by atoms with E-state index in [1.54, 1.807) is 12.0 Å². The zero-order chi connectivity index (χ0) is 11.0. The first kappa shape index (κ1) is 9.98. The molecule has 1 aromatic rings. The minimum absolute atomic E-state index is 0.0109. The molecule has 1 fully saturated rings.